The number of Topliss-reactive ketones (excluding diaryl/α,β-unsaturated/α-hetero) is 2. The van der Waals surface area contributed by atoms with Crippen LogP contribution in [0.4, 0.5) is 0 Å². The summed E-state index contributed by atoms with van der Waals surface area (Å²) in [5.74, 6) is -7.69. The zero-order valence-electron chi connectivity index (χ0n) is 23.4. The number of hydrogen-bond acceptors (Lipinski definition) is 8. The third-order valence-electron chi connectivity index (χ3n) is 8.87. The number of fused-ring (bicyclic) bond motifs is 3. The lowest BCUT2D eigenvalue weighted by Gasteiger charge is -2.50. The molecule has 0 radical (unpaired) electrons. The molecule has 2 aromatic rings. The number of benzene rings is 2. The minimum absolute atomic E-state index is 0.0862. The van der Waals surface area contributed by atoms with Crippen LogP contribution in [0.15, 0.2) is 53.3 Å². The van der Waals surface area contributed by atoms with E-state index in [4.69, 9.17) is 5.73 Å². The number of nitrogens with one attached hydrogen (secondary N) is 1. The SMILES string of the molecule is CCCNCc1ccc(-c2ccc(O)c3c2C[C@H]2C[C@H]4[C@H](C(C)C)C(=O)C(C(N)=O)=C(O)[C@@]4(O)C(=O)C2=C3O)cc1. The molecule has 3 aliphatic carbocycles. The van der Waals surface area contributed by atoms with Crippen molar-refractivity contribution in [2.45, 2.75) is 52.2 Å². The molecule has 2 aromatic carbocycles. The van der Waals surface area contributed by atoms with E-state index in [1.165, 1.54) is 6.07 Å². The molecular formula is C32H36N2O7. The molecule has 0 bridgehead atoms. The molecule has 0 aromatic heterocycles. The molecule has 5 rings (SSSR count). The molecule has 0 unspecified atom stereocenters. The van der Waals surface area contributed by atoms with Crippen LogP contribution in [0.5, 0.6) is 5.75 Å². The number of hydrogen-bond donors (Lipinski definition) is 6. The van der Waals surface area contributed by atoms with Crippen molar-refractivity contribution in [1.82, 2.24) is 5.32 Å². The molecule has 1 saturated carbocycles. The maximum absolute atomic E-state index is 14.0. The van der Waals surface area contributed by atoms with Crippen LogP contribution in [0.25, 0.3) is 16.9 Å². The van der Waals surface area contributed by atoms with Crippen molar-refractivity contribution < 1.29 is 34.8 Å². The van der Waals surface area contributed by atoms with Crippen LogP contribution in [0.1, 0.15) is 50.3 Å². The Labute approximate surface area is 238 Å². The summed E-state index contributed by atoms with van der Waals surface area (Å²) >= 11 is 0. The summed E-state index contributed by atoms with van der Waals surface area (Å²) < 4.78 is 0. The van der Waals surface area contributed by atoms with Gasteiger partial charge in [0.05, 0.1) is 5.56 Å². The van der Waals surface area contributed by atoms with E-state index in [9.17, 15) is 34.8 Å². The number of aliphatic hydroxyl groups is 3. The van der Waals surface area contributed by atoms with Gasteiger partial charge in [0.15, 0.2) is 11.4 Å². The molecule has 1 fully saturated rings. The molecule has 1 amide bonds. The largest absolute Gasteiger partial charge is 0.508 e. The minimum atomic E-state index is -2.61. The zero-order chi connectivity index (χ0) is 29.8. The standard InChI is InChI=1S/C32H36N2O7/c1-4-11-34-14-16-5-7-17(8-6-16)19-9-10-22(35)25-20(19)12-18-13-21-23(15(2)3)27(36)26(31(33)40)30(39)32(21,41)29(38)24(18)28(25)37/h5-10,15,18,21,23,34-35,37,39,41H,4,11-14H2,1-3H3,(H2,33,40)/t18-,21-,23-,32-/m0/s1. The Bertz CT molecular complexity index is 1500. The second-order valence-electron chi connectivity index (χ2n) is 11.7. The summed E-state index contributed by atoms with van der Waals surface area (Å²) in [6.07, 6.45) is 1.37. The molecule has 0 aliphatic heterocycles. The lowest BCUT2D eigenvalue weighted by Crippen LogP contribution is -2.62. The molecule has 3 aliphatic rings. The summed E-state index contributed by atoms with van der Waals surface area (Å²) in [4.78, 5) is 39.4. The highest BCUT2D eigenvalue weighted by molar-refractivity contribution is 6.23. The molecule has 216 valence electrons. The van der Waals surface area contributed by atoms with Gasteiger partial charge in [-0.3, -0.25) is 14.4 Å². The van der Waals surface area contributed by atoms with Gasteiger partial charge in [0.25, 0.3) is 5.91 Å². The number of amides is 1. The summed E-state index contributed by atoms with van der Waals surface area (Å²) in [6, 6.07) is 11.2. The Morgan fingerprint density at radius 1 is 1.10 bits per heavy atom. The molecule has 7 N–H and O–H groups in total. The highest BCUT2D eigenvalue weighted by Crippen LogP contribution is 2.55. The predicted octanol–water partition coefficient (Wildman–Crippen LogP) is 3.47. The van der Waals surface area contributed by atoms with E-state index < -0.39 is 57.9 Å². The van der Waals surface area contributed by atoms with E-state index in [-0.39, 0.29) is 35.6 Å². The van der Waals surface area contributed by atoms with Gasteiger partial charge in [-0.2, -0.15) is 0 Å². The number of rotatable bonds is 7. The summed E-state index contributed by atoms with van der Waals surface area (Å²) in [5, 5.41) is 48.4. The summed E-state index contributed by atoms with van der Waals surface area (Å²) in [5.41, 5.74) is 5.34. The lowest BCUT2D eigenvalue weighted by atomic mass is 9.54. The first-order valence-electron chi connectivity index (χ1n) is 14.1. The molecule has 0 spiro atoms. The fourth-order valence-electron chi connectivity index (χ4n) is 6.97. The zero-order valence-corrected chi connectivity index (χ0v) is 23.4. The van der Waals surface area contributed by atoms with Crippen molar-refractivity contribution in [2.24, 2.45) is 29.4 Å². The minimum Gasteiger partial charge on any atom is -0.508 e. The van der Waals surface area contributed by atoms with Crippen LogP contribution in [0.3, 0.4) is 0 Å². The predicted molar refractivity (Wildman–Crippen MR) is 153 cm³/mol. The molecule has 9 heteroatoms. The van der Waals surface area contributed by atoms with Gasteiger partial charge in [0, 0.05) is 24.0 Å². The fraction of sp³-hybridized carbons (Fsp3) is 0.406. The molecule has 4 atom stereocenters. The van der Waals surface area contributed by atoms with Gasteiger partial charge in [0.2, 0.25) is 5.78 Å². The van der Waals surface area contributed by atoms with Crippen LogP contribution in [0, 0.1) is 23.7 Å². The van der Waals surface area contributed by atoms with Gasteiger partial charge >= 0.3 is 0 Å². The second kappa shape index (κ2) is 10.5. The molecule has 9 nitrogen and oxygen atoms in total. The van der Waals surface area contributed by atoms with Gasteiger partial charge in [-0.1, -0.05) is 51.1 Å². The number of ketones is 2. The first-order valence-corrected chi connectivity index (χ1v) is 14.1. The normalized spacial score (nSPS) is 25.7. The van der Waals surface area contributed by atoms with Crippen molar-refractivity contribution >= 4 is 23.2 Å². The highest BCUT2D eigenvalue weighted by atomic mass is 16.3. The Hall–Kier alpha value is -3.95. The van der Waals surface area contributed by atoms with Gasteiger partial charge < -0.3 is 31.5 Å². The summed E-state index contributed by atoms with van der Waals surface area (Å²) in [7, 11) is 0. The number of primary amides is 1. The molecule has 0 saturated heterocycles. The number of carbonyl (C=O) groups is 3. The van der Waals surface area contributed by atoms with E-state index in [2.05, 4.69) is 12.2 Å². The van der Waals surface area contributed by atoms with Crippen molar-refractivity contribution in [3.05, 3.63) is 70.0 Å². The van der Waals surface area contributed by atoms with Crippen LogP contribution in [0.2, 0.25) is 0 Å². The van der Waals surface area contributed by atoms with Crippen LogP contribution in [-0.2, 0) is 27.3 Å². The van der Waals surface area contributed by atoms with Crippen molar-refractivity contribution in [3.8, 4) is 16.9 Å². The lowest BCUT2D eigenvalue weighted by molar-refractivity contribution is -0.155. The molecule has 41 heavy (non-hydrogen) atoms. The number of phenolic OH excluding ortho intramolecular Hbond substituents is 1. The van der Waals surface area contributed by atoms with Gasteiger partial charge in [-0.15, -0.1) is 0 Å². The number of aliphatic hydroxyl groups excluding tert-OH is 2. The number of nitrogens with two attached hydrogens (primary N) is 1. The molecule has 0 heterocycles. The Morgan fingerprint density at radius 3 is 2.39 bits per heavy atom. The smallest absolute Gasteiger partial charge is 0.255 e. The van der Waals surface area contributed by atoms with E-state index in [1.54, 1.807) is 19.9 Å². The van der Waals surface area contributed by atoms with Crippen molar-refractivity contribution in [3.63, 3.8) is 0 Å². The van der Waals surface area contributed by atoms with Crippen LogP contribution >= 0.6 is 0 Å². The van der Waals surface area contributed by atoms with Crippen molar-refractivity contribution in [2.75, 3.05) is 6.54 Å². The van der Waals surface area contributed by atoms with Crippen molar-refractivity contribution in [1.29, 1.82) is 0 Å². The highest BCUT2D eigenvalue weighted by Gasteiger charge is 2.64. The second-order valence-corrected chi connectivity index (χ2v) is 11.7. The monoisotopic (exact) mass is 560 g/mol. The topological polar surface area (TPSA) is 170 Å². The average molecular weight is 561 g/mol. The van der Waals surface area contributed by atoms with E-state index in [1.807, 2.05) is 24.3 Å². The fourth-order valence-corrected chi connectivity index (χ4v) is 6.97. The Morgan fingerprint density at radius 2 is 1.78 bits per heavy atom. The summed E-state index contributed by atoms with van der Waals surface area (Å²) in [6.45, 7) is 7.23. The van der Waals surface area contributed by atoms with Gasteiger partial charge in [-0.25, -0.2) is 0 Å². The van der Waals surface area contributed by atoms with E-state index in [0.717, 1.165) is 36.2 Å². The van der Waals surface area contributed by atoms with E-state index >= 15 is 0 Å². The first kappa shape index (κ1) is 28.6. The average Bonchev–Trinajstić information content (AvgIpc) is 2.91. The quantitative estimate of drug-likeness (QED) is 0.221. The molecular weight excluding hydrogens is 524 g/mol. The van der Waals surface area contributed by atoms with Crippen LogP contribution < -0.4 is 11.1 Å². The van der Waals surface area contributed by atoms with Crippen LogP contribution in [-0.4, -0.2) is 50.0 Å². The number of carbonyl (C=O) groups excluding carboxylic acids is 3. The maximum Gasteiger partial charge on any atom is 0.255 e. The van der Waals surface area contributed by atoms with Gasteiger partial charge in [0.1, 0.15) is 22.8 Å². The third kappa shape index (κ3) is 4.35. The Balaban J connectivity index is 1.63. The Kier molecular flexibility index (Phi) is 7.29. The number of aromatic hydroxyl groups is 1. The first-order chi connectivity index (χ1) is 19.4. The van der Waals surface area contributed by atoms with Gasteiger partial charge in [-0.05, 0) is 66.0 Å². The number of phenols is 1. The van der Waals surface area contributed by atoms with E-state index in [0.29, 0.717) is 5.56 Å². The maximum atomic E-state index is 14.0. The third-order valence-corrected chi connectivity index (χ3v) is 8.87.